The lowest BCUT2D eigenvalue weighted by Crippen LogP contribution is -2.43. The zero-order chi connectivity index (χ0) is 17.4. The van der Waals surface area contributed by atoms with Gasteiger partial charge in [0.1, 0.15) is 6.04 Å². The lowest BCUT2D eigenvalue weighted by molar-refractivity contribution is -0.149. The second-order valence-electron chi connectivity index (χ2n) is 6.95. The number of carbonyl (C=O) groups excluding carboxylic acids is 1. The average molecular weight is 327 g/mol. The standard InChI is InChI=1S/C18H24F3NO/c1-5-11(2)13-8-14(10-15(9-13)17(4)6-7-17)16(23)22-12(3)18(19,20)21/h8-12H,5-7H2,1-4H3,(H,22,23)/t11?,12-/m0/s1. The Hall–Kier alpha value is -1.52. The van der Waals surface area contributed by atoms with Crippen molar-refractivity contribution in [2.75, 3.05) is 0 Å². The minimum Gasteiger partial charge on any atom is -0.341 e. The van der Waals surface area contributed by atoms with Crippen molar-refractivity contribution in [3.05, 3.63) is 34.9 Å². The summed E-state index contributed by atoms with van der Waals surface area (Å²) in [6.07, 6.45) is -1.41. The van der Waals surface area contributed by atoms with Crippen LogP contribution in [0.2, 0.25) is 0 Å². The largest absolute Gasteiger partial charge is 0.408 e. The monoisotopic (exact) mass is 327 g/mol. The van der Waals surface area contributed by atoms with Gasteiger partial charge in [-0.15, -0.1) is 0 Å². The Kier molecular flexibility index (Phi) is 4.79. The molecule has 0 radical (unpaired) electrons. The van der Waals surface area contributed by atoms with Crippen molar-refractivity contribution in [3.63, 3.8) is 0 Å². The Morgan fingerprint density at radius 1 is 1.26 bits per heavy atom. The second-order valence-corrected chi connectivity index (χ2v) is 6.95. The molecule has 23 heavy (non-hydrogen) atoms. The first-order valence-corrected chi connectivity index (χ1v) is 8.10. The molecule has 0 aliphatic heterocycles. The van der Waals surface area contributed by atoms with Gasteiger partial charge >= 0.3 is 6.18 Å². The molecule has 5 heteroatoms. The minimum atomic E-state index is -4.44. The maximum atomic E-state index is 12.7. The highest BCUT2D eigenvalue weighted by Crippen LogP contribution is 2.48. The van der Waals surface area contributed by atoms with Gasteiger partial charge < -0.3 is 5.32 Å². The number of hydrogen-bond donors (Lipinski definition) is 1. The zero-order valence-corrected chi connectivity index (χ0v) is 14.1. The SMILES string of the molecule is CCC(C)c1cc(C(=O)N[C@@H](C)C(F)(F)F)cc(C2(C)CC2)c1. The normalized spacial score (nSPS) is 19.1. The van der Waals surface area contributed by atoms with Crippen LogP contribution in [-0.2, 0) is 5.41 Å². The third-order valence-electron chi connectivity index (χ3n) is 4.93. The molecule has 1 N–H and O–H groups in total. The minimum absolute atomic E-state index is 0.0636. The van der Waals surface area contributed by atoms with Gasteiger partial charge in [-0.05, 0) is 60.8 Å². The lowest BCUT2D eigenvalue weighted by Gasteiger charge is -2.20. The van der Waals surface area contributed by atoms with Crippen LogP contribution >= 0.6 is 0 Å². The highest BCUT2D eigenvalue weighted by Gasteiger charge is 2.40. The van der Waals surface area contributed by atoms with E-state index < -0.39 is 18.1 Å². The Morgan fingerprint density at radius 3 is 2.35 bits per heavy atom. The molecule has 128 valence electrons. The number of rotatable bonds is 5. The lowest BCUT2D eigenvalue weighted by atomic mass is 9.89. The van der Waals surface area contributed by atoms with Crippen LogP contribution in [-0.4, -0.2) is 18.1 Å². The number of halogens is 3. The number of benzene rings is 1. The molecule has 2 nitrogen and oxygen atoms in total. The van der Waals surface area contributed by atoms with Crippen LogP contribution in [0, 0.1) is 0 Å². The van der Waals surface area contributed by atoms with Gasteiger partial charge in [0.2, 0.25) is 0 Å². The number of amides is 1. The van der Waals surface area contributed by atoms with E-state index in [1.807, 2.05) is 0 Å². The molecule has 1 aliphatic carbocycles. The highest BCUT2D eigenvalue weighted by molar-refractivity contribution is 5.95. The van der Waals surface area contributed by atoms with Crippen molar-refractivity contribution in [2.24, 2.45) is 0 Å². The predicted octanol–water partition coefficient (Wildman–Crippen LogP) is 4.93. The van der Waals surface area contributed by atoms with E-state index in [1.54, 1.807) is 12.1 Å². The highest BCUT2D eigenvalue weighted by atomic mass is 19.4. The molecule has 1 saturated carbocycles. The molecular weight excluding hydrogens is 303 g/mol. The zero-order valence-electron chi connectivity index (χ0n) is 14.1. The molecule has 0 saturated heterocycles. The van der Waals surface area contributed by atoms with E-state index in [4.69, 9.17) is 0 Å². The molecule has 2 atom stereocenters. The van der Waals surface area contributed by atoms with Gasteiger partial charge in [0, 0.05) is 5.56 Å². The summed E-state index contributed by atoms with van der Waals surface area (Å²) in [5.41, 5.74) is 2.46. The van der Waals surface area contributed by atoms with E-state index in [-0.39, 0.29) is 11.3 Å². The molecule has 0 aromatic heterocycles. The number of hydrogen-bond acceptors (Lipinski definition) is 1. The number of carbonyl (C=O) groups is 1. The Labute approximate surface area is 135 Å². The third-order valence-corrected chi connectivity index (χ3v) is 4.93. The molecule has 0 heterocycles. The van der Waals surface area contributed by atoms with Gasteiger partial charge in [-0.3, -0.25) is 4.79 Å². The maximum absolute atomic E-state index is 12.7. The van der Waals surface area contributed by atoms with Gasteiger partial charge in [0.15, 0.2) is 0 Å². The van der Waals surface area contributed by atoms with Crippen LogP contribution in [0.15, 0.2) is 18.2 Å². The van der Waals surface area contributed by atoms with E-state index in [0.717, 1.165) is 37.3 Å². The summed E-state index contributed by atoms with van der Waals surface area (Å²) in [5, 5.41) is 2.06. The van der Waals surface area contributed by atoms with Crippen LogP contribution < -0.4 is 5.32 Å². The summed E-state index contributed by atoms with van der Waals surface area (Å²) >= 11 is 0. The molecule has 1 aromatic rings. The predicted molar refractivity (Wildman–Crippen MR) is 84.7 cm³/mol. The average Bonchev–Trinajstić information content (AvgIpc) is 3.24. The van der Waals surface area contributed by atoms with E-state index in [2.05, 4.69) is 32.2 Å². The van der Waals surface area contributed by atoms with Gasteiger partial charge in [-0.25, -0.2) is 0 Å². The van der Waals surface area contributed by atoms with Crippen LogP contribution in [0.4, 0.5) is 13.2 Å². The van der Waals surface area contributed by atoms with E-state index in [0.29, 0.717) is 5.56 Å². The summed E-state index contributed by atoms with van der Waals surface area (Å²) in [7, 11) is 0. The van der Waals surface area contributed by atoms with Crippen molar-refractivity contribution in [3.8, 4) is 0 Å². The van der Waals surface area contributed by atoms with Crippen LogP contribution in [0.5, 0.6) is 0 Å². The molecular formula is C18H24F3NO. The van der Waals surface area contributed by atoms with Gasteiger partial charge in [0.25, 0.3) is 5.91 Å². The van der Waals surface area contributed by atoms with Crippen molar-refractivity contribution < 1.29 is 18.0 Å². The number of alkyl halides is 3. The molecule has 1 amide bonds. The summed E-state index contributed by atoms with van der Waals surface area (Å²) in [6.45, 7) is 7.21. The van der Waals surface area contributed by atoms with Crippen molar-refractivity contribution >= 4 is 5.91 Å². The summed E-state index contributed by atoms with van der Waals surface area (Å²) in [4.78, 5) is 12.3. The fourth-order valence-corrected chi connectivity index (χ4v) is 2.49. The number of nitrogens with one attached hydrogen (secondary N) is 1. The molecule has 1 aromatic carbocycles. The fourth-order valence-electron chi connectivity index (χ4n) is 2.49. The Morgan fingerprint density at radius 2 is 1.87 bits per heavy atom. The first-order valence-electron chi connectivity index (χ1n) is 8.10. The van der Waals surface area contributed by atoms with E-state index >= 15 is 0 Å². The summed E-state index contributed by atoms with van der Waals surface area (Å²) in [6, 6.07) is 3.71. The Bertz CT molecular complexity index is 590. The summed E-state index contributed by atoms with van der Waals surface area (Å²) in [5.74, 6) is -0.394. The third kappa shape index (κ3) is 4.06. The first-order chi connectivity index (χ1) is 10.6. The van der Waals surface area contributed by atoms with Gasteiger partial charge in [-0.2, -0.15) is 13.2 Å². The topological polar surface area (TPSA) is 29.1 Å². The molecule has 0 bridgehead atoms. The Balaban J connectivity index is 2.31. The van der Waals surface area contributed by atoms with Crippen LogP contribution in [0.1, 0.15) is 74.4 Å². The van der Waals surface area contributed by atoms with Crippen LogP contribution in [0.3, 0.4) is 0 Å². The van der Waals surface area contributed by atoms with Crippen LogP contribution in [0.25, 0.3) is 0 Å². The van der Waals surface area contributed by atoms with Crippen molar-refractivity contribution in [1.29, 1.82) is 0 Å². The molecule has 1 fully saturated rings. The molecule has 1 aliphatic rings. The quantitative estimate of drug-likeness (QED) is 0.816. The smallest absolute Gasteiger partial charge is 0.341 e. The molecule has 0 spiro atoms. The molecule has 2 rings (SSSR count). The van der Waals surface area contributed by atoms with E-state index in [1.165, 1.54) is 0 Å². The van der Waals surface area contributed by atoms with Crippen molar-refractivity contribution in [2.45, 2.75) is 70.5 Å². The molecule has 1 unspecified atom stereocenters. The fraction of sp³-hybridized carbons (Fsp3) is 0.611. The maximum Gasteiger partial charge on any atom is 0.408 e. The second kappa shape index (κ2) is 6.17. The van der Waals surface area contributed by atoms with E-state index in [9.17, 15) is 18.0 Å². The summed E-state index contributed by atoms with van der Waals surface area (Å²) < 4.78 is 38.0. The van der Waals surface area contributed by atoms with Gasteiger partial charge in [0.05, 0.1) is 0 Å². The van der Waals surface area contributed by atoms with Gasteiger partial charge in [-0.1, -0.05) is 26.8 Å². The van der Waals surface area contributed by atoms with Crippen molar-refractivity contribution in [1.82, 2.24) is 5.32 Å². The first kappa shape index (κ1) is 17.8.